The number of carbonyl (C=O) groups is 1. The first kappa shape index (κ1) is 13.3. The molecular weight excluding hydrogens is 268 g/mol. The highest BCUT2D eigenvalue weighted by Gasteiger charge is 2.08. The van der Waals surface area contributed by atoms with E-state index in [1.54, 1.807) is 10.9 Å². The number of nitrogens with two attached hydrogens (primary N) is 1. The van der Waals surface area contributed by atoms with Gasteiger partial charge in [-0.25, -0.2) is 4.98 Å². The Bertz CT molecular complexity index is 576. The molecule has 0 fully saturated rings. The van der Waals surface area contributed by atoms with Gasteiger partial charge in [0.2, 0.25) is 0 Å². The molecule has 0 saturated heterocycles. The number of amides is 1. The maximum Gasteiger partial charge on any atom is 0.251 e. The molecule has 0 aliphatic heterocycles. The van der Waals surface area contributed by atoms with Crippen molar-refractivity contribution in [2.24, 2.45) is 7.05 Å². The molecule has 1 amide bonds. The molecule has 19 heavy (non-hydrogen) atoms. The minimum Gasteiger partial charge on any atom is -0.384 e. The third-order valence-electron chi connectivity index (χ3n) is 2.52. The summed E-state index contributed by atoms with van der Waals surface area (Å²) in [6.07, 6.45) is 2.21. The van der Waals surface area contributed by atoms with Crippen LogP contribution >= 0.6 is 11.6 Å². The molecule has 0 aromatic carbocycles. The Morgan fingerprint density at radius 3 is 2.95 bits per heavy atom. The lowest BCUT2D eigenvalue weighted by molar-refractivity contribution is 0.0954. The van der Waals surface area contributed by atoms with E-state index in [1.807, 2.05) is 7.05 Å². The summed E-state index contributed by atoms with van der Waals surface area (Å²) in [6.45, 7) is 0.450. The third kappa shape index (κ3) is 3.41. The molecular formula is C11H13ClN6O. The number of aryl methyl sites for hydroxylation is 1. The van der Waals surface area contributed by atoms with Gasteiger partial charge in [-0.2, -0.15) is 0 Å². The van der Waals surface area contributed by atoms with Crippen molar-refractivity contribution in [3.8, 4) is 0 Å². The predicted octanol–water partition coefficient (Wildman–Crippen LogP) is 0.418. The van der Waals surface area contributed by atoms with Gasteiger partial charge >= 0.3 is 0 Å². The summed E-state index contributed by atoms with van der Waals surface area (Å²) in [5.74, 6) is 0.761. The Morgan fingerprint density at radius 1 is 1.53 bits per heavy atom. The number of aromatic nitrogens is 4. The lowest BCUT2D eigenvalue weighted by Gasteiger charge is -2.06. The number of halogens is 1. The van der Waals surface area contributed by atoms with Crippen molar-refractivity contribution < 1.29 is 4.79 Å². The number of nitrogens with one attached hydrogen (secondary N) is 1. The smallest absolute Gasteiger partial charge is 0.251 e. The molecule has 2 rings (SSSR count). The molecule has 0 spiro atoms. The summed E-state index contributed by atoms with van der Waals surface area (Å²) < 4.78 is 1.80. The zero-order valence-corrected chi connectivity index (χ0v) is 11.1. The van der Waals surface area contributed by atoms with Crippen LogP contribution in [0.15, 0.2) is 18.5 Å². The molecule has 100 valence electrons. The molecule has 3 N–H and O–H groups in total. The van der Waals surface area contributed by atoms with Crippen LogP contribution in [0.5, 0.6) is 0 Å². The second-order valence-electron chi connectivity index (χ2n) is 3.97. The maximum absolute atomic E-state index is 11.9. The molecule has 7 nitrogen and oxygen atoms in total. The minimum atomic E-state index is -0.252. The van der Waals surface area contributed by atoms with E-state index in [-0.39, 0.29) is 16.9 Å². The molecule has 0 saturated carbocycles. The van der Waals surface area contributed by atoms with Crippen molar-refractivity contribution in [3.63, 3.8) is 0 Å². The van der Waals surface area contributed by atoms with Crippen LogP contribution in [0.25, 0.3) is 0 Å². The summed E-state index contributed by atoms with van der Waals surface area (Å²) in [5, 5.41) is 10.6. The van der Waals surface area contributed by atoms with Crippen molar-refractivity contribution >= 4 is 23.3 Å². The summed E-state index contributed by atoms with van der Waals surface area (Å²) in [7, 11) is 1.85. The largest absolute Gasteiger partial charge is 0.384 e. The number of nitrogens with zero attached hydrogens (tertiary/aromatic N) is 4. The standard InChI is InChI=1S/C11H13ClN6O/c1-18-6-15-17-10(18)2-3-14-11(19)7-4-8(12)16-9(13)5-7/h4-6H,2-3H2,1H3,(H2,13,16)(H,14,19). The summed E-state index contributed by atoms with van der Waals surface area (Å²) >= 11 is 5.74. The molecule has 0 radical (unpaired) electrons. The van der Waals surface area contributed by atoms with Crippen LogP contribution in [0.3, 0.4) is 0 Å². The van der Waals surface area contributed by atoms with E-state index in [0.29, 0.717) is 18.5 Å². The molecule has 0 aliphatic rings. The van der Waals surface area contributed by atoms with Gasteiger partial charge in [0.1, 0.15) is 23.1 Å². The number of nitrogen functional groups attached to an aromatic ring is 1. The average Bonchev–Trinajstić information content (AvgIpc) is 2.74. The van der Waals surface area contributed by atoms with Crippen LogP contribution in [0, 0.1) is 0 Å². The van der Waals surface area contributed by atoms with Gasteiger partial charge in [0.25, 0.3) is 5.91 Å². The van der Waals surface area contributed by atoms with Crippen LogP contribution in [-0.2, 0) is 13.5 Å². The number of anilines is 1. The van der Waals surface area contributed by atoms with Crippen LogP contribution < -0.4 is 11.1 Å². The molecule has 2 heterocycles. The fraction of sp³-hybridized carbons (Fsp3) is 0.273. The first-order valence-electron chi connectivity index (χ1n) is 5.60. The zero-order chi connectivity index (χ0) is 13.8. The molecule has 8 heteroatoms. The molecule has 2 aromatic heterocycles. The zero-order valence-electron chi connectivity index (χ0n) is 10.3. The van der Waals surface area contributed by atoms with Gasteiger partial charge in [0.05, 0.1) is 0 Å². The third-order valence-corrected chi connectivity index (χ3v) is 2.71. The molecule has 0 bridgehead atoms. The number of carbonyl (C=O) groups excluding carboxylic acids is 1. The van der Waals surface area contributed by atoms with Gasteiger partial charge in [0, 0.05) is 25.6 Å². The van der Waals surface area contributed by atoms with E-state index in [2.05, 4.69) is 20.5 Å². The number of hydrogen-bond donors (Lipinski definition) is 2. The fourth-order valence-electron chi connectivity index (χ4n) is 1.57. The van der Waals surface area contributed by atoms with Crippen molar-refractivity contribution in [2.45, 2.75) is 6.42 Å². The van der Waals surface area contributed by atoms with E-state index in [9.17, 15) is 4.79 Å². The number of pyridine rings is 1. The number of rotatable bonds is 4. The second-order valence-corrected chi connectivity index (χ2v) is 4.35. The maximum atomic E-state index is 11.9. The van der Waals surface area contributed by atoms with E-state index >= 15 is 0 Å². The SMILES string of the molecule is Cn1cnnc1CCNC(=O)c1cc(N)nc(Cl)c1. The molecule has 2 aromatic rings. The quantitative estimate of drug-likeness (QED) is 0.791. The molecule has 0 atom stereocenters. The lowest BCUT2D eigenvalue weighted by atomic mass is 10.2. The van der Waals surface area contributed by atoms with E-state index in [0.717, 1.165) is 5.82 Å². The van der Waals surface area contributed by atoms with Gasteiger partial charge in [-0.15, -0.1) is 10.2 Å². The average molecular weight is 281 g/mol. The summed E-state index contributed by atoms with van der Waals surface area (Å²) in [5.41, 5.74) is 5.91. The monoisotopic (exact) mass is 280 g/mol. The van der Waals surface area contributed by atoms with E-state index < -0.39 is 0 Å². The van der Waals surface area contributed by atoms with Crippen molar-refractivity contribution in [1.82, 2.24) is 25.1 Å². The fourth-order valence-corrected chi connectivity index (χ4v) is 1.79. The number of hydrogen-bond acceptors (Lipinski definition) is 5. The van der Waals surface area contributed by atoms with Crippen molar-refractivity contribution in [3.05, 3.63) is 35.0 Å². The minimum absolute atomic E-state index is 0.193. The van der Waals surface area contributed by atoms with Crippen LogP contribution in [0.4, 0.5) is 5.82 Å². The Hall–Kier alpha value is -2.15. The highest BCUT2D eigenvalue weighted by molar-refractivity contribution is 6.29. The summed E-state index contributed by atoms with van der Waals surface area (Å²) in [4.78, 5) is 15.7. The molecule has 0 unspecified atom stereocenters. The first-order chi connectivity index (χ1) is 9.06. The first-order valence-corrected chi connectivity index (χ1v) is 5.98. The predicted molar refractivity (Wildman–Crippen MR) is 70.7 cm³/mol. The highest BCUT2D eigenvalue weighted by atomic mass is 35.5. The Morgan fingerprint density at radius 2 is 2.32 bits per heavy atom. The van der Waals surface area contributed by atoms with Crippen LogP contribution in [0.1, 0.15) is 16.2 Å². The normalized spacial score (nSPS) is 10.4. The van der Waals surface area contributed by atoms with Gasteiger partial charge < -0.3 is 15.6 Å². The highest BCUT2D eigenvalue weighted by Crippen LogP contribution is 2.11. The Labute approximate surface area is 114 Å². The van der Waals surface area contributed by atoms with Gasteiger partial charge in [-0.1, -0.05) is 11.6 Å². The summed E-state index contributed by atoms with van der Waals surface area (Å²) in [6, 6.07) is 2.94. The second kappa shape index (κ2) is 5.66. The van der Waals surface area contributed by atoms with Crippen molar-refractivity contribution in [1.29, 1.82) is 0 Å². The Kier molecular flexibility index (Phi) is 3.96. The Balaban J connectivity index is 1.92. The van der Waals surface area contributed by atoms with E-state index in [4.69, 9.17) is 17.3 Å². The topological polar surface area (TPSA) is 98.7 Å². The van der Waals surface area contributed by atoms with Gasteiger partial charge in [-0.05, 0) is 12.1 Å². The van der Waals surface area contributed by atoms with E-state index in [1.165, 1.54) is 12.1 Å². The van der Waals surface area contributed by atoms with Gasteiger partial charge in [0.15, 0.2) is 0 Å². The molecule has 0 aliphatic carbocycles. The van der Waals surface area contributed by atoms with Crippen molar-refractivity contribution in [2.75, 3.05) is 12.3 Å². The van der Waals surface area contributed by atoms with Crippen LogP contribution in [-0.4, -0.2) is 32.2 Å². The van der Waals surface area contributed by atoms with Gasteiger partial charge in [-0.3, -0.25) is 4.79 Å². The van der Waals surface area contributed by atoms with Crippen LogP contribution in [0.2, 0.25) is 5.15 Å². The lowest BCUT2D eigenvalue weighted by Crippen LogP contribution is -2.26.